The maximum atomic E-state index is 4.97. The number of hydrogen-bond acceptors (Lipinski definition) is 2. The van der Waals surface area contributed by atoms with Gasteiger partial charge in [-0.05, 0) is 6.42 Å². The van der Waals surface area contributed by atoms with Crippen LogP contribution in [-0.2, 0) is 9.31 Å². The first-order chi connectivity index (χ1) is 5.35. The minimum absolute atomic E-state index is 0.174. The molecule has 0 atom stereocenters. The first-order valence-corrected chi connectivity index (χ1v) is 4.07. The summed E-state index contributed by atoms with van der Waals surface area (Å²) in [6.07, 6.45) is 5.67. The van der Waals surface area contributed by atoms with Crippen LogP contribution in [0.25, 0.3) is 0 Å². The molecule has 0 saturated heterocycles. The fraction of sp³-hybridized carbons (Fsp3) is 0.750. The van der Waals surface area contributed by atoms with Gasteiger partial charge < -0.3 is 9.31 Å². The first kappa shape index (κ1) is 10.7. The highest BCUT2D eigenvalue weighted by atomic mass is 16.6. The van der Waals surface area contributed by atoms with Crippen LogP contribution < -0.4 is 0 Å². The molecule has 0 N–H and O–H groups in total. The lowest BCUT2D eigenvalue weighted by Gasteiger charge is -2.01. The largest absolute Gasteiger partial charge is 0.485 e. The van der Waals surface area contributed by atoms with Gasteiger partial charge in [-0.1, -0.05) is 31.8 Å². The highest BCUT2D eigenvalue weighted by Gasteiger charge is 2.06. The topological polar surface area (TPSA) is 18.5 Å². The van der Waals surface area contributed by atoms with Crippen molar-refractivity contribution in [1.29, 1.82) is 0 Å². The average Bonchev–Trinajstić information content (AvgIpc) is 2.05. The van der Waals surface area contributed by atoms with Crippen LogP contribution in [0.4, 0.5) is 0 Å². The van der Waals surface area contributed by atoms with Crippen LogP contribution >= 0.6 is 0 Å². The summed E-state index contributed by atoms with van der Waals surface area (Å²) < 4.78 is 9.94. The Hall–Kier alpha value is -0.275. The molecule has 0 unspecified atom stereocenters. The molecule has 0 amide bonds. The van der Waals surface area contributed by atoms with E-state index in [2.05, 4.69) is 13.0 Å². The fourth-order valence-electron chi connectivity index (χ4n) is 0.783. The predicted octanol–water partition coefficient (Wildman–Crippen LogP) is 2.05. The molecule has 11 heavy (non-hydrogen) atoms. The van der Waals surface area contributed by atoms with Crippen LogP contribution in [0.5, 0.6) is 0 Å². The van der Waals surface area contributed by atoms with E-state index in [0.29, 0.717) is 0 Å². The quantitative estimate of drug-likeness (QED) is 0.432. The van der Waals surface area contributed by atoms with Gasteiger partial charge in [-0.25, -0.2) is 0 Å². The van der Waals surface area contributed by atoms with Gasteiger partial charge >= 0.3 is 7.12 Å². The summed E-state index contributed by atoms with van der Waals surface area (Å²) in [4.78, 5) is 0. The zero-order chi connectivity index (χ0) is 8.53. The van der Waals surface area contributed by atoms with Crippen molar-refractivity contribution in [1.82, 2.24) is 0 Å². The van der Waals surface area contributed by atoms with Gasteiger partial charge in [-0.15, -0.1) is 0 Å². The maximum Gasteiger partial charge on any atom is 0.485 e. The number of rotatable bonds is 6. The Labute approximate surface area is 69.7 Å². The van der Waals surface area contributed by atoms with Gasteiger partial charge in [0.15, 0.2) is 0 Å². The van der Waals surface area contributed by atoms with E-state index in [-0.39, 0.29) is 7.12 Å². The van der Waals surface area contributed by atoms with E-state index in [9.17, 15) is 0 Å². The van der Waals surface area contributed by atoms with Crippen molar-refractivity contribution in [2.75, 3.05) is 14.2 Å². The molecule has 0 radical (unpaired) electrons. The molecule has 64 valence electrons. The molecule has 0 heterocycles. The fourth-order valence-corrected chi connectivity index (χ4v) is 0.783. The van der Waals surface area contributed by atoms with E-state index in [1.165, 1.54) is 12.8 Å². The van der Waals surface area contributed by atoms with Crippen molar-refractivity contribution < 1.29 is 9.31 Å². The second-order valence-electron chi connectivity index (χ2n) is 2.41. The van der Waals surface area contributed by atoms with Crippen molar-refractivity contribution in [2.45, 2.75) is 26.2 Å². The van der Waals surface area contributed by atoms with Gasteiger partial charge in [0.1, 0.15) is 0 Å². The molecule has 0 aliphatic heterocycles. The van der Waals surface area contributed by atoms with E-state index in [0.717, 1.165) is 6.42 Å². The Morgan fingerprint density at radius 1 is 1.27 bits per heavy atom. The normalized spacial score (nSPS) is 10.8. The molecular formula is C8H17BO2. The molecule has 0 saturated carbocycles. The zero-order valence-electron chi connectivity index (χ0n) is 7.67. The molecule has 2 nitrogen and oxygen atoms in total. The van der Waals surface area contributed by atoms with Gasteiger partial charge in [-0.3, -0.25) is 0 Å². The van der Waals surface area contributed by atoms with Crippen LogP contribution in [0, 0.1) is 0 Å². The van der Waals surface area contributed by atoms with Crippen molar-refractivity contribution in [3.05, 3.63) is 12.1 Å². The maximum absolute atomic E-state index is 4.97. The summed E-state index contributed by atoms with van der Waals surface area (Å²) in [5.74, 6) is 1.94. The molecule has 0 aliphatic rings. The molecule has 0 aromatic rings. The van der Waals surface area contributed by atoms with Crippen LogP contribution in [0.1, 0.15) is 26.2 Å². The summed E-state index contributed by atoms with van der Waals surface area (Å²) in [6, 6.07) is 0. The lowest BCUT2D eigenvalue weighted by molar-refractivity contribution is 0.290. The van der Waals surface area contributed by atoms with E-state index in [4.69, 9.17) is 9.31 Å². The highest BCUT2D eigenvalue weighted by molar-refractivity contribution is 6.50. The summed E-state index contributed by atoms with van der Waals surface area (Å²) >= 11 is 0. The van der Waals surface area contributed by atoms with Crippen LogP contribution in [0.15, 0.2) is 12.1 Å². The highest BCUT2D eigenvalue weighted by Crippen LogP contribution is 1.96. The minimum atomic E-state index is -0.174. The van der Waals surface area contributed by atoms with Crippen molar-refractivity contribution in [3.8, 4) is 0 Å². The van der Waals surface area contributed by atoms with E-state index in [1.807, 2.05) is 5.98 Å². The molecule has 0 aromatic heterocycles. The number of unbranched alkanes of at least 4 members (excludes halogenated alkanes) is 2. The molecule has 0 aromatic carbocycles. The van der Waals surface area contributed by atoms with E-state index >= 15 is 0 Å². The minimum Gasteiger partial charge on any atom is -0.410 e. The molecular weight excluding hydrogens is 139 g/mol. The molecule has 0 aliphatic carbocycles. The summed E-state index contributed by atoms with van der Waals surface area (Å²) in [6.45, 7) is 2.18. The zero-order valence-corrected chi connectivity index (χ0v) is 7.67. The predicted molar refractivity (Wildman–Crippen MR) is 48.4 cm³/mol. The lowest BCUT2D eigenvalue weighted by atomic mass is 9.89. The Bertz CT molecular complexity index is 100. The molecule has 3 heteroatoms. The first-order valence-electron chi connectivity index (χ1n) is 4.07. The van der Waals surface area contributed by atoms with E-state index < -0.39 is 0 Å². The van der Waals surface area contributed by atoms with Crippen LogP contribution in [-0.4, -0.2) is 21.3 Å². The lowest BCUT2D eigenvalue weighted by Crippen LogP contribution is -2.15. The Kier molecular flexibility index (Phi) is 7.63. The standard InChI is InChI=1S/C8H17BO2/c1-4-5-6-7-8-9(10-2)11-3/h7-8H,4-6H2,1-3H3/b8-7+. The number of hydrogen-bond donors (Lipinski definition) is 0. The smallest absolute Gasteiger partial charge is 0.410 e. The van der Waals surface area contributed by atoms with Crippen molar-refractivity contribution >= 4 is 7.12 Å². The third-order valence-electron chi connectivity index (χ3n) is 1.48. The third kappa shape index (κ3) is 6.14. The molecule has 0 rings (SSSR count). The SMILES string of the molecule is CCCC/C=C/B(OC)OC. The van der Waals surface area contributed by atoms with Crippen molar-refractivity contribution in [3.63, 3.8) is 0 Å². The van der Waals surface area contributed by atoms with Gasteiger partial charge in [0.05, 0.1) is 0 Å². The van der Waals surface area contributed by atoms with Gasteiger partial charge in [0, 0.05) is 14.2 Å². The second-order valence-corrected chi connectivity index (χ2v) is 2.41. The molecule has 0 spiro atoms. The van der Waals surface area contributed by atoms with Gasteiger partial charge in [-0.2, -0.15) is 0 Å². The Balaban J connectivity index is 3.36. The summed E-state index contributed by atoms with van der Waals surface area (Å²) in [5.41, 5.74) is 0. The Morgan fingerprint density at radius 3 is 2.36 bits per heavy atom. The summed E-state index contributed by atoms with van der Waals surface area (Å²) in [7, 11) is 3.10. The molecule has 0 fully saturated rings. The van der Waals surface area contributed by atoms with Crippen LogP contribution in [0.3, 0.4) is 0 Å². The number of allylic oxidation sites excluding steroid dienone is 1. The van der Waals surface area contributed by atoms with Gasteiger partial charge in [0.25, 0.3) is 0 Å². The average molecular weight is 156 g/mol. The molecule has 0 bridgehead atoms. The Morgan fingerprint density at radius 2 is 1.91 bits per heavy atom. The summed E-state index contributed by atoms with van der Waals surface area (Å²) in [5, 5.41) is 0. The van der Waals surface area contributed by atoms with Gasteiger partial charge in [0.2, 0.25) is 0 Å². The monoisotopic (exact) mass is 156 g/mol. The van der Waals surface area contributed by atoms with E-state index in [1.54, 1.807) is 14.2 Å². The van der Waals surface area contributed by atoms with Crippen molar-refractivity contribution in [2.24, 2.45) is 0 Å². The second kappa shape index (κ2) is 7.83. The third-order valence-corrected chi connectivity index (χ3v) is 1.48. The van der Waals surface area contributed by atoms with Crippen LogP contribution in [0.2, 0.25) is 0 Å².